The number of rotatable bonds is 7. The molecule has 1 aromatic rings. The molecule has 122 valence electrons. The molecule has 0 aliphatic carbocycles. The van der Waals surface area contributed by atoms with Gasteiger partial charge in [-0.3, -0.25) is 4.79 Å². The highest BCUT2D eigenvalue weighted by molar-refractivity contribution is 5.78. The Morgan fingerprint density at radius 3 is 2.64 bits per heavy atom. The minimum Gasteiger partial charge on any atom is -0.496 e. The molecule has 2 unspecified atom stereocenters. The summed E-state index contributed by atoms with van der Waals surface area (Å²) in [5.74, 6) is 1.51. The Kier molecular flexibility index (Phi) is 5.80. The van der Waals surface area contributed by atoms with Gasteiger partial charge in [-0.15, -0.1) is 0 Å². The number of carbonyl (C=O) groups is 1. The Morgan fingerprint density at radius 2 is 2.09 bits per heavy atom. The van der Waals surface area contributed by atoms with Gasteiger partial charge < -0.3 is 20.3 Å². The lowest BCUT2D eigenvalue weighted by Crippen LogP contribution is -2.50. The van der Waals surface area contributed by atoms with Gasteiger partial charge in [-0.1, -0.05) is 25.1 Å². The van der Waals surface area contributed by atoms with Crippen molar-refractivity contribution in [2.45, 2.75) is 13.0 Å². The lowest BCUT2D eigenvalue weighted by Gasteiger charge is -2.32. The SMILES string of the molecule is COc1ccccc1C(CNC(=O)C(C)C1CNC1)N(C)C. The van der Waals surface area contributed by atoms with Crippen molar-refractivity contribution in [3.05, 3.63) is 29.8 Å². The summed E-state index contributed by atoms with van der Waals surface area (Å²) < 4.78 is 5.45. The summed E-state index contributed by atoms with van der Waals surface area (Å²) in [7, 11) is 5.71. The van der Waals surface area contributed by atoms with Gasteiger partial charge in [0.25, 0.3) is 0 Å². The largest absolute Gasteiger partial charge is 0.496 e. The van der Waals surface area contributed by atoms with E-state index in [1.165, 1.54) is 0 Å². The Bertz CT molecular complexity index is 500. The van der Waals surface area contributed by atoms with Crippen molar-refractivity contribution in [1.82, 2.24) is 15.5 Å². The summed E-state index contributed by atoms with van der Waals surface area (Å²) in [5, 5.41) is 6.32. The lowest BCUT2D eigenvalue weighted by molar-refractivity contribution is -0.126. The van der Waals surface area contributed by atoms with Gasteiger partial charge in [-0.25, -0.2) is 0 Å². The number of ether oxygens (including phenoxy) is 1. The van der Waals surface area contributed by atoms with Crippen LogP contribution in [0.25, 0.3) is 0 Å². The topological polar surface area (TPSA) is 53.6 Å². The van der Waals surface area contributed by atoms with E-state index in [2.05, 4.69) is 21.6 Å². The van der Waals surface area contributed by atoms with Crippen LogP contribution < -0.4 is 15.4 Å². The predicted octanol–water partition coefficient (Wildman–Crippen LogP) is 1.27. The molecular formula is C17H27N3O2. The number of hydrogen-bond donors (Lipinski definition) is 2. The van der Waals surface area contributed by atoms with Crippen molar-refractivity contribution in [2.75, 3.05) is 40.8 Å². The predicted molar refractivity (Wildman–Crippen MR) is 88.0 cm³/mol. The second-order valence-corrected chi connectivity index (χ2v) is 6.17. The van der Waals surface area contributed by atoms with Crippen LogP contribution in [0.2, 0.25) is 0 Å². The number of nitrogens with zero attached hydrogens (tertiary/aromatic N) is 1. The molecule has 2 N–H and O–H groups in total. The van der Waals surface area contributed by atoms with Gasteiger partial charge >= 0.3 is 0 Å². The molecule has 0 radical (unpaired) electrons. The van der Waals surface area contributed by atoms with E-state index in [1.807, 2.05) is 39.2 Å². The average molecular weight is 305 g/mol. The summed E-state index contributed by atoms with van der Waals surface area (Å²) in [6.07, 6.45) is 0. The quantitative estimate of drug-likeness (QED) is 0.796. The fourth-order valence-electron chi connectivity index (χ4n) is 2.75. The van der Waals surface area contributed by atoms with Crippen LogP contribution >= 0.6 is 0 Å². The van der Waals surface area contributed by atoms with Crippen molar-refractivity contribution in [3.63, 3.8) is 0 Å². The second-order valence-electron chi connectivity index (χ2n) is 6.17. The number of benzene rings is 1. The normalized spacial score (nSPS) is 17.7. The average Bonchev–Trinajstić information content (AvgIpc) is 2.45. The molecule has 2 rings (SSSR count). The Morgan fingerprint density at radius 1 is 1.41 bits per heavy atom. The molecule has 0 saturated carbocycles. The molecule has 1 aliphatic rings. The summed E-state index contributed by atoms with van der Waals surface area (Å²) in [4.78, 5) is 14.4. The van der Waals surface area contributed by atoms with Crippen LogP contribution in [0.1, 0.15) is 18.5 Å². The Hall–Kier alpha value is -1.59. The number of nitrogens with one attached hydrogen (secondary N) is 2. The van der Waals surface area contributed by atoms with Crippen LogP contribution in [0.4, 0.5) is 0 Å². The fourth-order valence-corrected chi connectivity index (χ4v) is 2.75. The number of likely N-dealkylation sites (N-methyl/N-ethyl adjacent to an activating group) is 1. The van der Waals surface area contributed by atoms with Gasteiger partial charge in [0.2, 0.25) is 5.91 Å². The molecule has 5 nitrogen and oxygen atoms in total. The van der Waals surface area contributed by atoms with Crippen molar-refractivity contribution < 1.29 is 9.53 Å². The maximum atomic E-state index is 12.3. The first-order valence-electron chi connectivity index (χ1n) is 7.82. The summed E-state index contributed by atoms with van der Waals surface area (Å²) in [5.41, 5.74) is 1.09. The standard InChI is InChI=1S/C17H27N3O2/c1-12(13-9-18-10-13)17(21)19-11-15(20(2)3)14-7-5-6-8-16(14)22-4/h5-8,12-13,15,18H,9-11H2,1-4H3,(H,19,21). The van der Waals surface area contributed by atoms with E-state index in [4.69, 9.17) is 4.74 Å². The van der Waals surface area contributed by atoms with Crippen LogP contribution in [-0.2, 0) is 4.79 Å². The van der Waals surface area contributed by atoms with E-state index in [-0.39, 0.29) is 17.9 Å². The molecule has 2 atom stereocenters. The smallest absolute Gasteiger partial charge is 0.223 e. The van der Waals surface area contributed by atoms with E-state index in [1.54, 1.807) is 7.11 Å². The summed E-state index contributed by atoms with van der Waals surface area (Å²) in [6, 6.07) is 8.05. The highest BCUT2D eigenvalue weighted by Crippen LogP contribution is 2.27. The van der Waals surface area contributed by atoms with Crippen LogP contribution in [0.3, 0.4) is 0 Å². The van der Waals surface area contributed by atoms with Crippen molar-refractivity contribution in [1.29, 1.82) is 0 Å². The van der Waals surface area contributed by atoms with Crippen LogP contribution in [0, 0.1) is 11.8 Å². The zero-order chi connectivity index (χ0) is 16.1. The molecule has 5 heteroatoms. The highest BCUT2D eigenvalue weighted by Gasteiger charge is 2.29. The van der Waals surface area contributed by atoms with Gasteiger partial charge in [-0.2, -0.15) is 0 Å². The second kappa shape index (κ2) is 7.61. The van der Waals surface area contributed by atoms with Gasteiger partial charge in [0.15, 0.2) is 0 Å². The van der Waals surface area contributed by atoms with E-state index >= 15 is 0 Å². The molecule has 0 aromatic heterocycles. The van der Waals surface area contributed by atoms with Crippen molar-refractivity contribution in [2.24, 2.45) is 11.8 Å². The first-order chi connectivity index (χ1) is 10.5. The first-order valence-corrected chi connectivity index (χ1v) is 7.82. The maximum Gasteiger partial charge on any atom is 0.223 e. The molecule has 0 bridgehead atoms. The number of methoxy groups -OCH3 is 1. The van der Waals surface area contributed by atoms with Gasteiger partial charge in [0.1, 0.15) is 5.75 Å². The summed E-state index contributed by atoms with van der Waals surface area (Å²) >= 11 is 0. The van der Waals surface area contributed by atoms with Crippen molar-refractivity contribution in [3.8, 4) is 5.75 Å². The van der Waals surface area contributed by atoms with Crippen LogP contribution in [0.15, 0.2) is 24.3 Å². The van der Waals surface area contributed by atoms with Gasteiger partial charge in [0, 0.05) is 18.0 Å². The van der Waals surface area contributed by atoms with Crippen LogP contribution in [-0.4, -0.2) is 51.6 Å². The number of amides is 1. The third-order valence-electron chi connectivity index (χ3n) is 4.52. The molecule has 1 heterocycles. The molecular weight excluding hydrogens is 278 g/mol. The molecule has 22 heavy (non-hydrogen) atoms. The molecule has 1 aliphatic heterocycles. The molecule has 1 amide bonds. The maximum absolute atomic E-state index is 12.3. The third-order valence-corrected chi connectivity index (χ3v) is 4.52. The minimum atomic E-state index is 0.0572. The lowest BCUT2D eigenvalue weighted by atomic mass is 9.88. The molecule has 1 fully saturated rings. The van der Waals surface area contributed by atoms with Crippen LogP contribution in [0.5, 0.6) is 5.75 Å². The van der Waals surface area contributed by atoms with E-state index < -0.39 is 0 Å². The number of hydrogen-bond acceptors (Lipinski definition) is 4. The number of para-hydroxylation sites is 1. The highest BCUT2D eigenvalue weighted by atomic mass is 16.5. The minimum absolute atomic E-state index is 0.0572. The fraction of sp³-hybridized carbons (Fsp3) is 0.588. The third kappa shape index (κ3) is 3.78. The van der Waals surface area contributed by atoms with Crippen molar-refractivity contribution >= 4 is 5.91 Å². The van der Waals surface area contributed by atoms with Gasteiger partial charge in [-0.05, 0) is 39.2 Å². The van der Waals surface area contributed by atoms with E-state index in [9.17, 15) is 4.79 Å². The summed E-state index contributed by atoms with van der Waals surface area (Å²) in [6.45, 7) is 4.47. The Labute approximate surface area is 133 Å². The molecule has 0 spiro atoms. The molecule has 1 aromatic carbocycles. The van der Waals surface area contributed by atoms with E-state index in [0.717, 1.165) is 24.4 Å². The number of carbonyl (C=O) groups excluding carboxylic acids is 1. The van der Waals surface area contributed by atoms with Gasteiger partial charge in [0.05, 0.1) is 13.2 Å². The zero-order valence-electron chi connectivity index (χ0n) is 13.9. The van der Waals surface area contributed by atoms with E-state index in [0.29, 0.717) is 12.5 Å². The Balaban J connectivity index is 2.01. The first kappa shape index (κ1) is 16.8. The monoisotopic (exact) mass is 305 g/mol. The molecule has 1 saturated heterocycles. The zero-order valence-corrected chi connectivity index (χ0v) is 13.9.